The molecule has 0 unspecified atom stereocenters. The standard InChI is InChI=1S/C29H26N6O9S/c1-3-42-28(37)26-17(2)31-29(45)32-27(26)21-6-4-5-7-23(21)43-16-25(36)33-30-15-18-8-11-20(12-9-18)44-24-13-10-19(34(38)39)14-22(24)35(40)41/h4-15,27H,3,16H2,1-2H3,(H,33,36)(H2,31,32,45)/t27-/m0/s1. The van der Waals surface area contributed by atoms with E-state index in [0.29, 0.717) is 33.3 Å². The Morgan fingerprint density at radius 3 is 2.47 bits per heavy atom. The molecule has 3 N–H and O–H groups in total. The van der Waals surface area contributed by atoms with E-state index in [1.54, 1.807) is 50.2 Å². The number of amides is 1. The highest BCUT2D eigenvalue weighted by Crippen LogP contribution is 2.35. The van der Waals surface area contributed by atoms with Gasteiger partial charge in [0.1, 0.15) is 11.5 Å². The monoisotopic (exact) mass is 634 g/mol. The number of hydrogen-bond donors (Lipinski definition) is 3. The molecule has 0 aromatic heterocycles. The summed E-state index contributed by atoms with van der Waals surface area (Å²) in [6, 6.07) is 15.5. The molecule has 232 valence electrons. The summed E-state index contributed by atoms with van der Waals surface area (Å²) >= 11 is 5.28. The van der Waals surface area contributed by atoms with Gasteiger partial charge in [-0.1, -0.05) is 18.2 Å². The fourth-order valence-electron chi connectivity index (χ4n) is 4.21. The van der Waals surface area contributed by atoms with Crippen molar-refractivity contribution in [2.75, 3.05) is 13.2 Å². The van der Waals surface area contributed by atoms with Crippen molar-refractivity contribution in [3.05, 3.63) is 109 Å². The fourth-order valence-corrected chi connectivity index (χ4v) is 4.48. The van der Waals surface area contributed by atoms with Crippen molar-refractivity contribution in [2.24, 2.45) is 5.10 Å². The molecule has 15 nitrogen and oxygen atoms in total. The van der Waals surface area contributed by atoms with Gasteiger partial charge in [-0.25, -0.2) is 10.2 Å². The first kappa shape index (κ1) is 32.0. The van der Waals surface area contributed by atoms with Crippen LogP contribution in [-0.4, -0.2) is 46.3 Å². The molecule has 16 heteroatoms. The predicted molar refractivity (Wildman–Crippen MR) is 165 cm³/mol. The second kappa shape index (κ2) is 14.5. The van der Waals surface area contributed by atoms with Gasteiger partial charge >= 0.3 is 11.7 Å². The van der Waals surface area contributed by atoms with Gasteiger partial charge in [0.25, 0.3) is 11.6 Å². The van der Waals surface area contributed by atoms with Gasteiger partial charge in [-0.15, -0.1) is 0 Å². The van der Waals surface area contributed by atoms with Crippen LogP contribution in [0.5, 0.6) is 17.2 Å². The molecule has 0 radical (unpaired) electrons. The van der Waals surface area contributed by atoms with Crippen LogP contribution in [0.4, 0.5) is 11.4 Å². The van der Waals surface area contributed by atoms with Crippen molar-refractivity contribution in [3.8, 4) is 17.2 Å². The van der Waals surface area contributed by atoms with Gasteiger partial charge in [0.15, 0.2) is 11.7 Å². The minimum atomic E-state index is -0.771. The third-order valence-electron chi connectivity index (χ3n) is 6.21. The third kappa shape index (κ3) is 8.14. The zero-order chi connectivity index (χ0) is 32.5. The number of thiocarbonyl (C=S) groups is 1. The van der Waals surface area contributed by atoms with Crippen LogP contribution in [0.25, 0.3) is 0 Å². The van der Waals surface area contributed by atoms with E-state index in [9.17, 15) is 29.8 Å². The summed E-state index contributed by atoms with van der Waals surface area (Å²) in [5, 5.41) is 32.5. The maximum absolute atomic E-state index is 12.7. The van der Waals surface area contributed by atoms with Gasteiger partial charge < -0.3 is 24.8 Å². The van der Waals surface area contributed by atoms with E-state index in [1.807, 2.05) is 0 Å². The van der Waals surface area contributed by atoms with Crippen molar-refractivity contribution < 1.29 is 33.6 Å². The van der Waals surface area contributed by atoms with E-state index >= 15 is 0 Å². The number of para-hydroxylation sites is 1. The molecule has 0 saturated heterocycles. The maximum atomic E-state index is 12.7. The number of hydrogen-bond acceptors (Lipinski definition) is 11. The molecule has 1 atom stereocenters. The van der Waals surface area contributed by atoms with Crippen molar-refractivity contribution in [2.45, 2.75) is 19.9 Å². The number of carbonyl (C=O) groups is 2. The highest BCUT2D eigenvalue weighted by Gasteiger charge is 2.32. The molecular weight excluding hydrogens is 608 g/mol. The Morgan fingerprint density at radius 2 is 1.78 bits per heavy atom. The highest BCUT2D eigenvalue weighted by molar-refractivity contribution is 7.80. The lowest BCUT2D eigenvalue weighted by molar-refractivity contribution is -0.394. The third-order valence-corrected chi connectivity index (χ3v) is 6.43. The largest absolute Gasteiger partial charge is 0.483 e. The number of rotatable bonds is 12. The second-order valence-corrected chi connectivity index (χ2v) is 9.66. The number of hydrazone groups is 1. The van der Waals surface area contributed by atoms with Crippen LogP contribution in [-0.2, 0) is 14.3 Å². The Labute approximate surface area is 261 Å². The lowest BCUT2D eigenvalue weighted by atomic mass is 9.95. The van der Waals surface area contributed by atoms with Crippen molar-refractivity contribution in [1.29, 1.82) is 0 Å². The molecule has 4 rings (SSSR count). The van der Waals surface area contributed by atoms with Crippen LogP contribution < -0.4 is 25.5 Å². The van der Waals surface area contributed by atoms with Gasteiger partial charge in [0, 0.05) is 17.3 Å². The topological polar surface area (TPSA) is 197 Å². The number of nitro benzene ring substituents is 2. The Morgan fingerprint density at radius 1 is 1.04 bits per heavy atom. The van der Waals surface area contributed by atoms with Gasteiger partial charge in [-0.2, -0.15) is 5.10 Å². The average molecular weight is 635 g/mol. The number of non-ortho nitro benzene ring substituents is 1. The second-order valence-electron chi connectivity index (χ2n) is 9.25. The Bertz CT molecular complexity index is 1710. The lowest BCUT2D eigenvalue weighted by Gasteiger charge is -2.30. The van der Waals surface area contributed by atoms with E-state index < -0.39 is 39.1 Å². The number of esters is 1. The number of nitrogens with one attached hydrogen (secondary N) is 3. The van der Waals surface area contributed by atoms with E-state index in [1.165, 1.54) is 18.3 Å². The van der Waals surface area contributed by atoms with Crippen LogP contribution in [0.15, 0.2) is 83.1 Å². The Kier molecular flexibility index (Phi) is 10.3. The number of ether oxygens (including phenoxy) is 3. The van der Waals surface area contributed by atoms with Crippen LogP contribution in [0.3, 0.4) is 0 Å². The van der Waals surface area contributed by atoms with E-state index in [-0.39, 0.29) is 24.7 Å². The minimum Gasteiger partial charge on any atom is -0.483 e. The van der Waals surface area contributed by atoms with Crippen molar-refractivity contribution in [3.63, 3.8) is 0 Å². The van der Waals surface area contributed by atoms with Crippen molar-refractivity contribution >= 4 is 46.8 Å². The first-order valence-corrected chi connectivity index (χ1v) is 13.7. The van der Waals surface area contributed by atoms with Crippen LogP contribution in [0, 0.1) is 20.2 Å². The molecule has 0 spiro atoms. The minimum absolute atomic E-state index is 0.164. The van der Waals surface area contributed by atoms with E-state index in [0.717, 1.165) is 18.2 Å². The zero-order valence-corrected chi connectivity index (χ0v) is 24.7. The summed E-state index contributed by atoms with van der Waals surface area (Å²) in [6.45, 7) is 3.23. The molecule has 3 aromatic rings. The summed E-state index contributed by atoms with van der Waals surface area (Å²) in [4.78, 5) is 45.9. The quantitative estimate of drug-likeness (QED) is 0.0846. The number of allylic oxidation sites excluding steroid dienone is 1. The van der Waals surface area contributed by atoms with Gasteiger partial charge in [-0.05, 0) is 68.0 Å². The van der Waals surface area contributed by atoms with Crippen LogP contribution in [0.2, 0.25) is 0 Å². The SMILES string of the molecule is CCOC(=O)C1=C(C)NC(=S)N[C@H]1c1ccccc1OCC(=O)NN=Cc1ccc(Oc2ccc([N+](=O)[O-])cc2[N+](=O)[O-])cc1. The smallest absolute Gasteiger partial charge is 0.338 e. The van der Waals surface area contributed by atoms with E-state index in [2.05, 4.69) is 21.2 Å². The molecular formula is C29H26N6O9S. The normalized spacial score (nSPS) is 14.3. The molecule has 0 fully saturated rings. The molecule has 3 aromatic carbocycles. The van der Waals surface area contributed by atoms with Gasteiger partial charge in [-0.3, -0.25) is 25.0 Å². The zero-order valence-electron chi connectivity index (χ0n) is 23.8. The molecule has 1 heterocycles. The molecule has 45 heavy (non-hydrogen) atoms. The molecule has 1 amide bonds. The Hall–Kier alpha value is -5.90. The van der Waals surface area contributed by atoms with Crippen LogP contribution >= 0.6 is 12.2 Å². The van der Waals surface area contributed by atoms with Crippen LogP contribution in [0.1, 0.15) is 31.0 Å². The molecule has 0 aliphatic carbocycles. The molecule has 1 aliphatic heterocycles. The maximum Gasteiger partial charge on any atom is 0.338 e. The number of nitro groups is 2. The average Bonchev–Trinajstić information content (AvgIpc) is 3.00. The summed E-state index contributed by atoms with van der Waals surface area (Å²) in [5.41, 5.74) is 3.38. The van der Waals surface area contributed by atoms with Crippen molar-refractivity contribution in [1.82, 2.24) is 16.1 Å². The van der Waals surface area contributed by atoms with E-state index in [4.69, 9.17) is 26.4 Å². The Balaban J connectivity index is 1.36. The molecule has 0 saturated carbocycles. The first-order valence-electron chi connectivity index (χ1n) is 13.3. The number of benzene rings is 3. The van der Waals surface area contributed by atoms with Gasteiger partial charge in [0.05, 0.1) is 40.3 Å². The summed E-state index contributed by atoms with van der Waals surface area (Å²) in [6.07, 6.45) is 1.36. The lowest BCUT2D eigenvalue weighted by Crippen LogP contribution is -2.45. The predicted octanol–water partition coefficient (Wildman–Crippen LogP) is 4.18. The highest BCUT2D eigenvalue weighted by atomic mass is 32.1. The first-order chi connectivity index (χ1) is 21.6. The fraction of sp³-hybridized carbons (Fsp3) is 0.172. The summed E-state index contributed by atoms with van der Waals surface area (Å²) in [7, 11) is 0. The molecule has 1 aliphatic rings. The van der Waals surface area contributed by atoms with Gasteiger partial charge in [0.2, 0.25) is 5.75 Å². The summed E-state index contributed by atoms with van der Waals surface area (Å²) < 4.78 is 16.5. The number of nitrogens with zero attached hydrogens (tertiary/aromatic N) is 3. The molecule has 0 bridgehead atoms. The summed E-state index contributed by atoms with van der Waals surface area (Å²) in [5.74, 6) is -0.658. The number of carbonyl (C=O) groups excluding carboxylic acids is 2.